The van der Waals surface area contributed by atoms with E-state index in [1.54, 1.807) is 18.5 Å². The monoisotopic (exact) mass is 480 g/mol. The minimum atomic E-state index is -0.247. The number of aromatic nitrogens is 3. The number of nitrogens with one attached hydrogen (secondary N) is 2. The summed E-state index contributed by atoms with van der Waals surface area (Å²) < 4.78 is 14.9. The molecule has 1 aromatic heterocycles. The molecule has 27 heavy (non-hydrogen) atoms. The van der Waals surface area contributed by atoms with Gasteiger partial charge in [0.25, 0.3) is 0 Å². The summed E-state index contributed by atoms with van der Waals surface area (Å²) in [6.45, 7) is 3.67. The van der Waals surface area contributed by atoms with Crippen molar-refractivity contribution in [3.05, 3.63) is 78.1 Å². The van der Waals surface area contributed by atoms with Crippen molar-refractivity contribution in [1.82, 2.24) is 25.4 Å². The summed E-state index contributed by atoms with van der Waals surface area (Å²) in [6, 6.07) is 16.3. The topological polar surface area (TPSA) is 67.1 Å². The van der Waals surface area contributed by atoms with E-state index in [2.05, 4.69) is 25.8 Å². The summed E-state index contributed by atoms with van der Waals surface area (Å²) >= 11 is 0. The van der Waals surface area contributed by atoms with E-state index >= 15 is 0 Å². The molecular weight excluding hydrogens is 458 g/mol. The molecule has 0 saturated heterocycles. The molecule has 0 bridgehead atoms. The van der Waals surface area contributed by atoms with Gasteiger partial charge in [-0.3, -0.25) is 4.57 Å². The second kappa shape index (κ2) is 10.6. The number of halogens is 2. The number of guanidine groups is 1. The van der Waals surface area contributed by atoms with E-state index in [-0.39, 0.29) is 29.8 Å². The van der Waals surface area contributed by atoms with Gasteiger partial charge in [0, 0.05) is 12.2 Å². The van der Waals surface area contributed by atoms with Gasteiger partial charge < -0.3 is 10.6 Å². The second-order valence-corrected chi connectivity index (χ2v) is 5.63. The molecule has 0 unspecified atom stereocenters. The molecule has 1 heterocycles. The highest BCUT2D eigenvalue weighted by Gasteiger charge is 2.07. The molecule has 3 rings (SSSR count). The number of para-hydroxylation sites is 1. The highest BCUT2D eigenvalue weighted by molar-refractivity contribution is 14.0. The molecule has 6 nitrogen and oxygen atoms in total. The number of rotatable bonds is 6. The van der Waals surface area contributed by atoms with Crippen LogP contribution in [0.1, 0.15) is 18.3 Å². The fraction of sp³-hybridized carbons (Fsp3) is 0.211. The van der Waals surface area contributed by atoms with Crippen LogP contribution in [0.2, 0.25) is 0 Å². The first-order valence-corrected chi connectivity index (χ1v) is 8.47. The van der Waals surface area contributed by atoms with Gasteiger partial charge in [-0.25, -0.2) is 9.38 Å². The second-order valence-electron chi connectivity index (χ2n) is 5.63. The van der Waals surface area contributed by atoms with Gasteiger partial charge in [0.05, 0.1) is 13.1 Å². The molecule has 8 heteroatoms. The van der Waals surface area contributed by atoms with E-state index < -0.39 is 0 Å². The Morgan fingerprint density at radius 3 is 2.52 bits per heavy atom. The highest BCUT2D eigenvalue weighted by atomic mass is 127. The largest absolute Gasteiger partial charge is 0.357 e. The summed E-state index contributed by atoms with van der Waals surface area (Å²) in [5.74, 6) is 1.20. The van der Waals surface area contributed by atoms with Gasteiger partial charge in [-0.05, 0) is 36.8 Å². The molecule has 142 valence electrons. The van der Waals surface area contributed by atoms with Crippen molar-refractivity contribution in [3.8, 4) is 5.69 Å². The average Bonchev–Trinajstić information content (AvgIpc) is 3.14. The van der Waals surface area contributed by atoms with Crippen molar-refractivity contribution >= 4 is 29.9 Å². The third kappa shape index (κ3) is 6.02. The Kier molecular flexibility index (Phi) is 8.18. The van der Waals surface area contributed by atoms with Crippen LogP contribution in [-0.2, 0) is 13.1 Å². The van der Waals surface area contributed by atoms with Crippen molar-refractivity contribution in [2.24, 2.45) is 4.99 Å². The van der Waals surface area contributed by atoms with E-state index in [0.717, 1.165) is 23.6 Å². The summed E-state index contributed by atoms with van der Waals surface area (Å²) in [5, 5.41) is 14.6. The lowest BCUT2D eigenvalue weighted by Gasteiger charge is -2.12. The first kappa shape index (κ1) is 20.8. The van der Waals surface area contributed by atoms with E-state index in [0.29, 0.717) is 19.0 Å². The smallest absolute Gasteiger partial charge is 0.191 e. The maximum absolute atomic E-state index is 13.0. The molecule has 0 atom stereocenters. The van der Waals surface area contributed by atoms with Gasteiger partial charge in [-0.15, -0.1) is 34.2 Å². The minimum Gasteiger partial charge on any atom is -0.357 e. The van der Waals surface area contributed by atoms with Crippen molar-refractivity contribution in [1.29, 1.82) is 0 Å². The van der Waals surface area contributed by atoms with Crippen LogP contribution in [0.25, 0.3) is 5.69 Å². The van der Waals surface area contributed by atoms with Crippen molar-refractivity contribution < 1.29 is 4.39 Å². The zero-order valence-electron chi connectivity index (χ0n) is 15.0. The lowest BCUT2D eigenvalue weighted by molar-refractivity contribution is 0.627. The zero-order chi connectivity index (χ0) is 18.2. The molecule has 2 N–H and O–H groups in total. The van der Waals surface area contributed by atoms with Crippen molar-refractivity contribution in [2.45, 2.75) is 20.0 Å². The van der Waals surface area contributed by atoms with E-state index in [1.807, 2.05) is 41.8 Å². The normalized spacial score (nSPS) is 11.0. The summed E-state index contributed by atoms with van der Waals surface area (Å²) in [7, 11) is 0. The zero-order valence-corrected chi connectivity index (χ0v) is 17.3. The number of aliphatic imine (C=N–C) groups is 1. The van der Waals surface area contributed by atoms with Crippen LogP contribution < -0.4 is 10.6 Å². The molecule has 0 radical (unpaired) electrons. The van der Waals surface area contributed by atoms with Crippen LogP contribution >= 0.6 is 24.0 Å². The van der Waals surface area contributed by atoms with Gasteiger partial charge in [-0.2, -0.15) is 0 Å². The molecule has 0 aliphatic carbocycles. The van der Waals surface area contributed by atoms with Gasteiger partial charge in [0.15, 0.2) is 11.8 Å². The van der Waals surface area contributed by atoms with Crippen LogP contribution in [0.15, 0.2) is 65.9 Å². The summed E-state index contributed by atoms with van der Waals surface area (Å²) in [5.41, 5.74) is 1.94. The molecular formula is C19H22FIN6. The van der Waals surface area contributed by atoms with Gasteiger partial charge in [0.1, 0.15) is 12.1 Å². The average molecular weight is 480 g/mol. The quantitative estimate of drug-likeness (QED) is 0.323. The molecule has 0 amide bonds. The Balaban J connectivity index is 0.00000261. The molecule has 3 aromatic rings. The highest BCUT2D eigenvalue weighted by Crippen LogP contribution is 2.08. The van der Waals surface area contributed by atoms with Crippen molar-refractivity contribution in [3.63, 3.8) is 0 Å². The Morgan fingerprint density at radius 1 is 1.07 bits per heavy atom. The maximum Gasteiger partial charge on any atom is 0.191 e. The van der Waals surface area contributed by atoms with Crippen LogP contribution in [0.5, 0.6) is 0 Å². The number of hydrogen-bond donors (Lipinski definition) is 2. The standard InChI is InChI=1S/C19H21FN6.HI/c1-2-21-19(22-12-15-8-10-16(20)11-9-15)23-13-18-25-24-14-26(18)17-6-4-3-5-7-17;/h3-11,14H,2,12-13H2,1H3,(H2,21,22,23);1H. The first-order valence-electron chi connectivity index (χ1n) is 8.47. The predicted molar refractivity (Wildman–Crippen MR) is 115 cm³/mol. The molecule has 0 fully saturated rings. The minimum absolute atomic E-state index is 0. The van der Waals surface area contributed by atoms with Gasteiger partial charge in [0.2, 0.25) is 0 Å². The third-order valence-electron chi connectivity index (χ3n) is 3.74. The molecule has 0 spiro atoms. The van der Waals surface area contributed by atoms with Crippen molar-refractivity contribution in [2.75, 3.05) is 6.54 Å². The van der Waals surface area contributed by atoms with Gasteiger partial charge >= 0.3 is 0 Å². The maximum atomic E-state index is 13.0. The Bertz CT molecular complexity index is 848. The Labute approximate surface area is 175 Å². The van der Waals surface area contributed by atoms with Gasteiger partial charge in [-0.1, -0.05) is 30.3 Å². The fourth-order valence-electron chi connectivity index (χ4n) is 2.45. The van der Waals surface area contributed by atoms with E-state index in [1.165, 1.54) is 12.1 Å². The SMILES string of the molecule is CCNC(=NCc1ccc(F)cc1)NCc1nncn1-c1ccccc1.I. The predicted octanol–water partition coefficient (Wildman–Crippen LogP) is 3.28. The number of benzene rings is 2. The van der Waals surface area contributed by atoms with Crippen LogP contribution in [0, 0.1) is 5.82 Å². The molecule has 2 aromatic carbocycles. The fourth-order valence-corrected chi connectivity index (χ4v) is 2.45. The van der Waals surface area contributed by atoms with Crippen LogP contribution in [0.3, 0.4) is 0 Å². The Morgan fingerprint density at radius 2 is 1.81 bits per heavy atom. The first-order chi connectivity index (χ1) is 12.8. The lowest BCUT2D eigenvalue weighted by Crippen LogP contribution is -2.37. The molecule has 0 aliphatic rings. The lowest BCUT2D eigenvalue weighted by atomic mass is 10.2. The van der Waals surface area contributed by atoms with E-state index in [9.17, 15) is 4.39 Å². The molecule has 0 aliphatic heterocycles. The number of nitrogens with zero attached hydrogens (tertiary/aromatic N) is 4. The van der Waals surface area contributed by atoms with Crippen LogP contribution in [-0.4, -0.2) is 27.3 Å². The summed E-state index contributed by atoms with van der Waals surface area (Å²) in [6.07, 6.45) is 1.69. The third-order valence-corrected chi connectivity index (χ3v) is 3.74. The van der Waals surface area contributed by atoms with E-state index in [4.69, 9.17) is 0 Å². The summed E-state index contributed by atoms with van der Waals surface area (Å²) in [4.78, 5) is 4.53. The van der Waals surface area contributed by atoms with Crippen LogP contribution in [0.4, 0.5) is 4.39 Å². The number of hydrogen-bond acceptors (Lipinski definition) is 3. The Hall–Kier alpha value is -2.49. The molecule has 0 saturated carbocycles.